The molecule has 7 nitrogen and oxygen atoms in total. The van der Waals surface area contributed by atoms with E-state index in [2.05, 4.69) is 10.3 Å². The SMILES string of the molecule is CCC(COS(C)(=O)=O)Cc1cccnc1CNC(=O)OC(C)(C)C. The van der Waals surface area contributed by atoms with Gasteiger partial charge in [0.2, 0.25) is 0 Å². The predicted molar refractivity (Wildman–Crippen MR) is 95.6 cm³/mol. The molecule has 8 heteroatoms. The van der Waals surface area contributed by atoms with Crippen molar-refractivity contribution in [3.8, 4) is 0 Å². The Morgan fingerprint density at radius 2 is 2.04 bits per heavy atom. The molecular weight excluding hydrogens is 344 g/mol. The number of pyridine rings is 1. The number of aromatic nitrogens is 1. The monoisotopic (exact) mass is 372 g/mol. The molecule has 0 saturated heterocycles. The van der Waals surface area contributed by atoms with Gasteiger partial charge in [-0.3, -0.25) is 9.17 Å². The summed E-state index contributed by atoms with van der Waals surface area (Å²) in [6.45, 7) is 7.74. The molecule has 1 unspecified atom stereocenters. The topological polar surface area (TPSA) is 94.6 Å². The van der Waals surface area contributed by atoms with Crippen LogP contribution in [0.5, 0.6) is 0 Å². The molecule has 1 heterocycles. The zero-order valence-corrected chi connectivity index (χ0v) is 16.4. The van der Waals surface area contributed by atoms with Crippen molar-refractivity contribution in [2.45, 2.75) is 52.7 Å². The molecule has 0 radical (unpaired) electrons. The second-order valence-electron chi connectivity index (χ2n) is 6.93. The van der Waals surface area contributed by atoms with Gasteiger partial charge in [0, 0.05) is 6.20 Å². The van der Waals surface area contributed by atoms with E-state index in [1.165, 1.54) is 0 Å². The lowest BCUT2D eigenvalue weighted by atomic mass is 9.96. The number of carbonyl (C=O) groups is 1. The van der Waals surface area contributed by atoms with Crippen molar-refractivity contribution < 1.29 is 22.1 Å². The van der Waals surface area contributed by atoms with E-state index in [1.807, 2.05) is 19.1 Å². The summed E-state index contributed by atoms with van der Waals surface area (Å²) in [4.78, 5) is 16.1. The van der Waals surface area contributed by atoms with Crippen LogP contribution in [0.1, 0.15) is 45.4 Å². The van der Waals surface area contributed by atoms with E-state index in [9.17, 15) is 13.2 Å². The molecule has 0 aliphatic heterocycles. The third-order valence-electron chi connectivity index (χ3n) is 3.39. The Bertz CT molecular complexity index is 668. The van der Waals surface area contributed by atoms with Crippen LogP contribution in [0, 0.1) is 5.92 Å². The number of nitrogens with zero attached hydrogens (tertiary/aromatic N) is 1. The molecule has 0 aliphatic rings. The second-order valence-corrected chi connectivity index (χ2v) is 8.58. The van der Waals surface area contributed by atoms with Gasteiger partial charge in [0.15, 0.2) is 0 Å². The lowest BCUT2D eigenvalue weighted by molar-refractivity contribution is 0.0522. The maximum atomic E-state index is 11.8. The van der Waals surface area contributed by atoms with Gasteiger partial charge in [-0.25, -0.2) is 4.79 Å². The minimum absolute atomic E-state index is 0.0409. The maximum Gasteiger partial charge on any atom is 0.407 e. The lowest BCUT2D eigenvalue weighted by Gasteiger charge is -2.20. The van der Waals surface area contributed by atoms with E-state index in [-0.39, 0.29) is 19.1 Å². The fraction of sp³-hybridized carbons (Fsp3) is 0.647. The van der Waals surface area contributed by atoms with Crippen LogP contribution in [-0.4, -0.2) is 38.0 Å². The first-order valence-corrected chi connectivity index (χ1v) is 10.1. The largest absolute Gasteiger partial charge is 0.444 e. The van der Waals surface area contributed by atoms with Gasteiger partial charge in [-0.2, -0.15) is 8.42 Å². The molecule has 0 saturated carbocycles. The second kappa shape index (κ2) is 9.15. The summed E-state index contributed by atoms with van der Waals surface area (Å²) in [6.07, 6.45) is 3.58. The summed E-state index contributed by atoms with van der Waals surface area (Å²) in [7, 11) is -3.46. The van der Waals surface area contributed by atoms with Gasteiger partial charge in [-0.1, -0.05) is 19.4 Å². The Hall–Kier alpha value is -1.67. The van der Waals surface area contributed by atoms with E-state index in [1.54, 1.807) is 27.0 Å². The first-order valence-electron chi connectivity index (χ1n) is 8.24. The summed E-state index contributed by atoms with van der Waals surface area (Å²) in [5.74, 6) is 0.0409. The number of alkyl carbamates (subject to hydrolysis) is 1. The molecule has 1 aromatic heterocycles. The lowest BCUT2D eigenvalue weighted by Crippen LogP contribution is -2.32. The molecule has 1 amide bonds. The molecule has 1 aromatic rings. The average molecular weight is 372 g/mol. The van der Waals surface area contributed by atoms with Gasteiger partial charge in [-0.15, -0.1) is 0 Å². The van der Waals surface area contributed by atoms with E-state index in [0.717, 1.165) is 23.9 Å². The molecule has 0 bridgehead atoms. The van der Waals surface area contributed by atoms with E-state index >= 15 is 0 Å². The molecular formula is C17H28N2O5S. The third kappa shape index (κ3) is 9.40. The standard InChI is InChI=1S/C17H28N2O5S/c1-6-13(12-23-25(5,21)22)10-14-8-7-9-18-15(14)11-19-16(20)24-17(2,3)4/h7-9,13H,6,10-12H2,1-5H3,(H,19,20). The molecule has 1 rings (SSSR count). The Labute approximate surface area is 150 Å². The van der Waals surface area contributed by atoms with E-state index in [0.29, 0.717) is 6.42 Å². The summed E-state index contributed by atoms with van der Waals surface area (Å²) in [5.41, 5.74) is 1.11. The van der Waals surface area contributed by atoms with Crippen LogP contribution in [-0.2, 0) is 32.0 Å². The minimum atomic E-state index is -3.46. The molecule has 142 valence electrons. The van der Waals surface area contributed by atoms with Gasteiger partial charge in [0.05, 0.1) is 25.1 Å². The van der Waals surface area contributed by atoms with Crippen molar-refractivity contribution >= 4 is 16.2 Å². The number of amides is 1. The highest BCUT2D eigenvalue weighted by molar-refractivity contribution is 7.85. The number of nitrogens with one attached hydrogen (secondary N) is 1. The molecule has 1 atom stereocenters. The number of carbonyl (C=O) groups excluding carboxylic acids is 1. The van der Waals surface area contributed by atoms with Crippen molar-refractivity contribution in [2.24, 2.45) is 5.92 Å². The molecule has 0 spiro atoms. The minimum Gasteiger partial charge on any atom is -0.444 e. The van der Waals surface area contributed by atoms with Gasteiger partial charge < -0.3 is 10.1 Å². The highest BCUT2D eigenvalue weighted by Crippen LogP contribution is 2.16. The Kier molecular flexibility index (Phi) is 7.82. The van der Waals surface area contributed by atoms with Gasteiger partial charge in [0.25, 0.3) is 10.1 Å². The third-order valence-corrected chi connectivity index (χ3v) is 3.95. The van der Waals surface area contributed by atoms with Crippen LogP contribution >= 0.6 is 0 Å². The van der Waals surface area contributed by atoms with Crippen LogP contribution in [0.3, 0.4) is 0 Å². The number of hydrogen-bond donors (Lipinski definition) is 1. The van der Waals surface area contributed by atoms with Crippen LogP contribution < -0.4 is 5.32 Å². The highest BCUT2D eigenvalue weighted by Gasteiger charge is 2.17. The van der Waals surface area contributed by atoms with Crippen LogP contribution in [0.2, 0.25) is 0 Å². The summed E-state index contributed by atoms with van der Waals surface area (Å²) < 4.78 is 32.5. The van der Waals surface area contributed by atoms with Crippen molar-refractivity contribution in [1.82, 2.24) is 10.3 Å². The van der Waals surface area contributed by atoms with Gasteiger partial charge in [0.1, 0.15) is 5.60 Å². The first-order chi connectivity index (χ1) is 11.5. The van der Waals surface area contributed by atoms with E-state index in [4.69, 9.17) is 8.92 Å². The predicted octanol–water partition coefficient (Wildman–Crippen LogP) is 2.65. The molecule has 0 aromatic carbocycles. The molecule has 0 aliphatic carbocycles. The summed E-state index contributed by atoms with van der Waals surface area (Å²) in [6, 6.07) is 3.73. The zero-order valence-electron chi connectivity index (χ0n) is 15.5. The average Bonchev–Trinajstić information content (AvgIpc) is 2.47. The van der Waals surface area contributed by atoms with Crippen molar-refractivity contribution in [3.63, 3.8) is 0 Å². The molecule has 0 fully saturated rings. The van der Waals surface area contributed by atoms with Gasteiger partial charge in [-0.05, 0) is 44.7 Å². The molecule has 1 N–H and O–H groups in total. The van der Waals surface area contributed by atoms with Crippen LogP contribution in [0.15, 0.2) is 18.3 Å². The van der Waals surface area contributed by atoms with Crippen LogP contribution in [0.25, 0.3) is 0 Å². The molecule has 25 heavy (non-hydrogen) atoms. The van der Waals surface area contributed by atoms with Gasteiger partial charge >= 0.3 is 6.09 Å². The van der Waals surface area contributed by atoms with Crippen molar-refractivity contribution in [1.29, 1.82) is 0 Å². The van der Waals surface area contributed by atoms with Crippen LogP contribution in [0.4, 0.5) is 4.79 Å². The number of hydrogen-bond acceptors (Lipinski definition) is 6. The summed E-state index contributed by atoms with van der Waals surface area (Å²) in [5, 5.41) is 2.69. The zero-order chi connectivity index (χ0) is 19.1. The quantitative estimate of drug-likeness (QED) is 0.705. The Morgan fingerprint density at radius 1 is 1.36 bits per heavy atom. The normalized spacial score (nSPS) is 13.3. The first kappa shape index (κ1) is 21.4. The Morgan fingerprint density at radius 3 is 2.60 bits per heavy atom. The highest BCUT2D eigenvalue weighted by atomic mass is 32.2. The van der Waals surface area contributed by atoms with E-state index < -0.39 is 21.8 Å². The van der Waals surface area contributed by atoms with Crippen molar-refractivity contribution in [3.05, 3.63) is 29.6 Å². The summed E-state index contributed by atoms with van der Waals surface area (Å²) >= 11 is 0. The smallest absolute Gasteiger partial charge is 0.407 e. The maximum absolute atomic E-state index is 11.8. The fourth-order valence-electron chi connectivity index (χ4n) is 2.14. The fourth-order valence-corrected chi connectivity index (χ4v) is 2.58. The Balaban J connectivity index is 2.70. The van der Waals surface area contributed by atoms with Crippen molar-refractivity contribution in [2.75, 3.05) is 12.9 Å². The number of ether oxygens (including phenoxy) is 1. The number of rotatable bonds is 8.